The molecule has 0 aliphatic rings. The van der Waals surface area contributed by atoms with Gasteiger partial charge in [-0.15, -0.1) is 0 Å². The zero-order valence-electron chi connectivity index (χ0n) is 8.67. The molecule has 4 nitrogen and oxygen atoms in total. The molecule has 0 saturated heterocycles. The van der Waals surface area contributed by atoms with Crippen LogP contribution in [0.1, 0.15) is 11.1 Å². The van der Waals surface area contributed by atoms with E-state index in [1.165, 1.54) is 7.11 Å². The Bertz CT molecular complexity index is 497. The molecule has 0 amide bonds. The van der Waals surface area contributed by atoms with E-state index in [0.717, 1.165) is 5.56 Å². The average molecular weight is 250 g/mol. The quantitative estimate of drug-likeness (QED) is 0.866. The van der Waals surface area contributed by atoms with Crippen molar-refractivity contribution in [2.24, 2.45) is 5.14 Å². The first-order chi connectivity index (χ1) is 6.79. The summed E-state index contributed by atoms with van der Waals surface area (Å²) in [6.07, 6.45) is 0. The highest BCUT2D eigenvalue weighted by molar-refractivity contribution is 7.89. The smallest absolute Gasteiger partial charge is 0.242 e. The predicted octanol–water partition coefficient (Wildman–Crippen LogP) is 1.61. The van der Waals surface area contributed by atoms with E-state index in [9.17, 15) is 8.42 Å². The van der Waals surface area contributed by atoms with E-state index in [1.54, 1.807) is 19.9 Å². The minimum atomic E-state index is -3.82. The maximum absolute atomic E-state index is 11.3. The summed E-state index contributed by atoms with van der Waals surface area (Å²) < 4.78 is 27.6. The number of aryl methyl sites for hydroxylation is 1. The summed E-state index contributed by atoms with van der Waals surface area (Å²) in [5.74, 6) is 0.219. The second-order valence-electron chi connectivity index (χ2n) is 3.21. The first kappa shape index (κ1) is 12.3. The number of rotatable bonds is 2. The second-order valence-corrected chi connectivity index (χ2v) is 5.09. The van der Waals surface area contributed by atoms with Crippen LogP contribution in [-0.4, -0.2) is 15.5 Å². The van der Waals surface area contributed by atoms with Crippen molar-refractivity contribution in [2.75, 3.05) is 7.11 Å². The van der Waals surface area contributed by atoms with Crippen molar-refractivity contribution in [3.8, 4) is 5.75 Å². The van der Waals surface area contributed by atoms with E-state index in [0.29, 0.717) is 10.6 Å². The number of nitrogens with two attached hydrogens (primary N) is 1. The summed E-state index contributed by atoms with van der Waals surface area (Å²) in [6, 6.07) is 1.55. The molecule has 0 unspecified atom stereocenters. The molecule has 1 rings (SSSR count). The molecule has 2 N–H and O–H groups in total. The highest BCUT2D eigenvalue weighted by Gasteiger charge is 2.21. The largest absolute Gasteiger partial charge is 0.495 e. The Morgan fingerprint density at radius 1 is 1.40 bits per heavy atom. The molecule has 1 aromatic carbocycles. The number of primary sulfonamides is 1. The van der Waals surface area contributed by atoms with Crippen LogP contribution in [0.4, 0.5) is 0 Å². The molecule has 0 radical (unpaired) electrons. The highest BCUT2D eigenvalue weighted by atomic mass is 35.5. The lowest BCUT2D eigenvalue weighted by molar-refractivity contribution is 0.401. The number of ether oxygens (including phenoxy) is 1. The van der Waals surface area contributed by atoms with Crippen LogP contribution < -0.4 is 9.88 Å². The van der Waals surface area contributed by atoms with E-state index in [4.69, 9.17) is 21.5 Å². The third-order valence-electron chi connectivity index (χ3n) is 2.09. The van der Waals surface area contributed by atoms with Crippen LogP contribution >= 0.6 is 11.6 Å². The zero-order chi connectivity index (χ0) is 11.8. The van der Waals surface area contributed by atoms with Gasteiger partial charge in [0.1, 0.15) is 10.6 Å². The van der Waals surface area contributed by atoms with Crippen molar-refractivity contribution in [1.29, 1.82) is 0 Å². The van der Waals surface area contributed by atoms with Crippen molar-refractivity contribution in [1.82, 2.24) is 0 Å². The summed E-state index contributed by atoms with van der Waals surface area (Å²) >= 11 is 5.94. The maximum atomic E-state index is 11.3. The number of sulfonamides is 1. The SMILES string of the molecule is COc1cc(C)c(Cl)c(C)c1S(N)(=O)=O. The maximum Gasteiger partial charge on any atom is 0.242 e. The summed E-state index contributed by atoms with van der Waals surface area (Å²) in [6.45, 7) is 3.36. The van der Waals surface area contributed by atoms with Crippen LogP contribution in [0, 0.1) is 13.8 Å². The Morgan fingerprint density at radius 2 is 1.93 bits per heavy atom. The van der Waals surface area contributed by atoms with Gasteiger partial charge in [-0.1, -0.05) is 11.6 Å². The Hall–Kier alpha value is -0.780. The number of hydrogen-bond donors (Lipinski definition) is 1. The van der Waals surface area contributed by atoms with Gasteiger partial charge in [0.15, 0.2) is 0 Å². The fraction of sp³-hybridized carbons (Fsp3) is 0.333. The molecular weight excluding hydrogens is 238 g/mol. The second kappa shape index (κ2) is 4.00. The minimum absolute atomic E-state index is 0.0550. The van der Waals surface area contributed by atoms with Crippen LogP contribution in [0.3, 0.4) is 0 Å². The van der Waals surface area contributed by atoms with Gasteiger partial charge < -0.3 is 4.74 Å². The number of halogens is 1. The van der Waals surface area contributed by atoms with E-state index in [1.807, 2.05) is 0 Å². The molecule has 0 aliphatic carbocycles. The van der Waals surface area contributed by atoms with Crippen LogP contribution in [0.25, 0.3) is 0 Å². The fourth-order valence-corrected chi connectivity index (χ4v) is 2.57. The normalized spacial score (nSPS) is 11.5. The van der Waals surface area contributed by atoms with Crippen molar-refractivity contribution >= 4 is 21.6 Å². The molecule has 0 heterocycles. The highest BCUT2D eigenvalue weighted by Crippen LogP contribution is 2.33. The van der Waals surface area contributed by atoms with Gasteiger partial charge in [-0.05, 0) is 31.0 Å². The molecule has 84 valence electrons. The molecule has 1 aromatic rings. The summed E-state index contributed by atoms with van der Waals surface area (Å²) in [5.41, 5.74) is 1.16. The molecule has 6 heteroatoms. The molecular formula is C9H12ClNO3S. The van der Waals surface area contributed by atoms with Gasteiger partial charge in [-0.3, -0.25) is 0 Å². The molecule has 0 spiro atoms. The molecule has 0 atom stereocenters. The van der Waals surface area contributed by atoms with Crippen LogP contribution in [-0.2, 0) is 10.0 Å². The molecule has 0 bridgehead atoms. The first-order valence-electron chi connectivity index (χ1n) is 4.15. The van der Waals surface area contributed by atoms with E-state index < -0.39 is 10.0 Å². The van der Waals surface area contributed by atoms with E-state index >= 15 is 0 Å². The van der Waals surface area contributed by atoms with Gasteiger partial charge in [-0.25, -0.2) is 13.6 Å². The predicted molar refractivity (Wildman–Crippen MR) is 58.9 cm³/mol. The zero-order valence-corrected chi connectivity index (χ0v) is 10.2. The van der Waals surface area contributed by atoms with Crippen molar-refractivity contribution in [3.63, 3.8) is 0 Å². The fourth-order valence-electron chi connectivity index (χ4n) is 1.41. The van der Waals surface area contributed by atoms with Gasteiger partial charge in [0.05, 0.1) is 7.11 Å². The van der Waals surface area contributed by atoms with Crippen LogP contribution in [0.2, 0.25) is 5.02 Å². The van der Waals surface area contributed by atoms with E-state index in [2.05, 4.69) is 0 Å². The Kier molecular flexibility index (Phi) is 3.28. The lowest BCUT2D eigenvalue weighted by atomic mass is 10.1. The molecule has 0 saturated carbocycles. The van der Waals surface area contributed by atoms with Gasteiger partial charge in [0.25, 0.3) is 0 Å². The Morgan fingerprint density at radius 3 is 2.33 bits per heavy atom. The van der Waals surface area contributed by atoms with Gasteiger partial charge in [0.2, 0.25) is 10.0 Å². The van der Waals surface area contributed by atoms with Gasteiger partial charge in [-0.2, -0.15) is 0 Å². The number of methoxy groups -OCH3 is 1. The molecule has 15 heavy (non-hydrogen) atoms. The topological polar surface area (TPSA) is 69.4 Å². The monoisotopic (exact) mass is 249 g/mol. The molecule has 0 fully saturated rings. The number of hydrogen-bond acceptors (Lipinski definition) is 3. The third kappa shape index (κ3) is 2.25. The number of benzene rings is 1. The average Bonchev–Trinajstić information content (AvgIpc) is 2.11. The standard InChI is InChI=1S/C9H12ClNO3S/c1-5-4-7(14-3)9(15(11,12)13)6(2)8(5)10/h4H,1-3H3,(H2,11,12,13). The summed E-state index contributed by atoms with van der Waals surface area (Å²) in [5, 5.41) is 5.48. The summed E-state index contributed by atoms with van der Waals surface area (Å²) in [4.78, 5) is -0.0550. The summed E-state index contributed by atoms with van der Waals surface area (Å²) in [7, 11) is -2.44. The van der Waals surface area contributed by atoms with Gasteiger partial charge in [0, 0.05) is 5.02 Å². The minimum Gasteiger partial charge on any atom is -0.495 e. The van der Waals surface area contributed by atoms with Crippen LogP contribution in [0.15, 0.2) is 11.0 Å². The lowest BCUT2D eigenvalue weighted by Gasteiger charge is -2.12. The van der Waals surface area contributed by atoms with Crippen LogP contribution in [0.5, 0.6) is 5.75 Å². The lowest BCUT2D eigenvalue weighted by Crippen LogP contribution is -2.15. The van der Waals surface area contributed by atoms with E-state index in [-0.39, 0.29) is 10.6 Å². The van der Waals surface area contributed by atoms with Crippen molar-refractivity contribution < 1.29 is 13.2 Å². The Labute approximate surface area is 94.0 Å². The van der Waals surface area contributed by atoms with Crippen molar-refractivity contribution in [2.45, 2.75) is 18.7 Å². The molecule has 0 aliphatic heterocycles. The molecule has 0 aromatic heterocycles. The third-order valence-corrected chi connectivity index (χ3v) is 3.75. The Balaban J connectivity index is 3.70. The van der Waals surface area contributed by atoms with Crippen molar-refractivity contribution in [3.05, 3.63) is 22.2 Å². The van der Waals surface area contributed by atoms with Gasteiger partial charge >= 0.3 is 0 Å². The first-order valence-corrected chi connectivity index (χ1v) is 6.08.